The van der Waals surface area contributed by atoms with Gasteiger partial charge in [0.05, 0.1) is 6.04 Å². The van der Waals surface area contributed by atoms with Crippen molar-refractivity contribution in [1.82, 2.24) is 15.2 Å². The van der Waals surface area contributed by atoms with Crippen LogP contribution in [0, 0.1) is 5.41 Å². The van der Waals surface area contributed by atoms with Crippen LogP contribution in [0.2, 0.25) is 0 Å². The molecule has 0 aromatic carbocycles. The van der Waals surface area contributed by atoms with Crippen molar-refractivity contribution in [3.63, 3.8) is 0 Å². The zero-order valence-corrected chi connectivity index (χ0v) is 13.2. The van der Waals surface area contributed by atoms with Gasteiger partial charge >= 0.3 is 0 Å². The van der Waals surface area contributed by atoms with E-state index in [4.69, 9.17) is 5.73 Å². The first kappa shape index (κ1) is 16.1. The second kappa shape index (κ2) is 6.45. The number of nitrogens with two attached hydrogens (primary N) is 1. The summed E-state index contributed by atoms with van der Waals surface area (Å²) in [5.41, 5.74) is 6.22. The van der Waals surface area contributed by atoms with Gasteiger partial charge < -0.3 is 16.0 Å². The van der Waals surface area contributed by atoms with Gasteiger partial charge in [-0.1, -0.05) is 13.8 Å². The van der Waals surface area contributed by atoms with Crippen molar-refractivity contribution in [3.05, 3.63) is 16.1 Å². The molecule has 1 amide bonds. The Balaban J connectivity index is 2.55. The second-order valence-electron chi connectivity index (χ2n) is 5.94. The lowest BCUT2D eigenvalue weighted by atomic mass is 9.93. The van der Waals surface area contributed by atoms with Crippen LogP contribution in [-0.2, 0) is 0 Å². The molecule has 1 heterocycles. The Kier molecular flexibility index (Phi) is 5.46. The quantitative estimate of drug-likeness (QED) is 0.830. The maximum atomic E-state index is 12.0. The fourth-order valence-corrected chi connectivity index (χ4v) is 2.68. The van der Waals surface area contributed by atoms with Crippen LogP contribution in [0.1, 0.15) is 42.3 Å². The topological polar surface area (TPSA) is 71.2 Å². The predicted octanol–water partition coefficient (Wildman–Crippen LogP) is 1.48. The van der Waals surface area contributed by atoms with Crippen LogP contribution in [0.5, 0.6) is 0 Å². The number of nitrogens with one attached hydrogen (secondary N) is 1. The van der Waals surface area contributed by atoms with Crippen LogP contribution in [0.4, 0.5) is 0 Å². The van der Waals surface area contributed by atoms with Gasteiger partial charge in [0, 0.05) is 18.5 Å². The maximum Gasteiger partial charge on any atom is 0.270 e. The number of hydrogen-bond acceptors (Lipinski definition) is 5. The molecule has 1 unspecified atom stereocenters. The molecule has 0 aliphatic carbocycles. The summed E-state index contributed by atoms with van der Waals surface area (Å²) in [6.45, 7) is 7.65. The van der Waals surface area contributed by atoms with E-state index in [2.05, 4.69) is 29.0 Å². The number of hydrogen-bond donors (Lipinski definition) is 2. The van der Waals surface area contributed by atoms with Gasteiger partial charge in [0.25, 0.3) is 5.91 Å². The molecular formula is C13H24N4OS. The second-order valence-corrected chi connectivity index (χ2v) is 6.83. The molecule has 0 bridgehead atoms. The van der Waals surface area contributed by atoms with E-state index in [1.807, 2.05) is 21.0 Å². The van der Waals surface area contributed by atoms with E-state index in [0.717, 1.165) is 11.6 Å². The minimum absolute atomic E-state index is 0.0270. The standard InChI is InChI=1S/C13H24N4OS/c1-9(14)12-16-10(6-19-12)11(18)15-7-13(2,3)8-17(4)5/h6,9H,7-8,14H2,1-5H3,(H,15,18). The molecule has 0 fully saturated rings. The Morgan fingerprint density at radius 1 is 1.58 bits per heavy atom. The lowest BCUT2D eigenvalue weighted by Gasteiger charge is -2.28. The molecule has 5 nitrogen and oxygen atoms in total. The molecule has 0 saturated carbocycles. The average Bonchev–Trinajstić information content (AvgIpc) is 2.73. The SMILES string of the molecule is CC(N)c1nc(C(=O)NCC(C)(C)CN(C)C)cs1. The van der Waals surface area contributed by atoms with E-state index in [9.17, 15) is 4.79 Å². The van der Waals surface area contributed by atoms with E-state index in [0.29, 0.717) is 12.2 Å². The average molecular weight is 284 g/mol. The summed E-state index contributed by atoms with van der Waals surface area (Å²) in [7, 11) is 4.05. The van der Waals surface area contributed by atoms with Gasteiger partial charge in [0.2, 0.25) is 0 Å². The Bertz CT molecular complexity index is 426. The summed E-state index contributed by atoms with van der Waals surface area (Å²) in [4.78, 5) is 18.3. The minimum atomic E-state index is -0.130. The van der Waals surface area contributed by atoms with Gasteiger partial charge in [-0.15, -0.1) is 11.3 Å². The molecule has 1 aromatic rings. The molecule has 0 aliphatic rings. The molecule has 0 spiro atoms. The third-order valence-electron chi connectivity index (χ3n) is 2.62. The molecule has 1 aromatic heterocycles. The number of amides is 1. The van der Waals surface area contributed by atoms with Crippen LogP contribution in [0.15, 0.2) is 5.38 Å². The molecule has 19 heavy (non-hydrogen) atoms. The molecule has 3 N–H and O–H groups in total. The van der Waals surface area contributed by atoms with Gasteiger partial charge in [0.15, 0.2) is 0 Å². The lowest BCUT2D eigenvalue weighted by molar-refractivity contribution is 0.0924. The van der Waals surface area contributed by atoms with E-state index in [1.165, 1.54) is 11.3 Å². The third-order valence-corrected chi connectivity index (χ3v) is 3.66. The van der Waals surface area contributed by atoms with E-state index in [-0.39, 0.29) is 17.4 Å². The van der Waals surface area contributed by atoms with Crippen molar-refractivity contribution in [2.75, 3.05) is 27.2 Å². The highest BCUT2D eigenvalue weighted by molar-refractivity contribution is 7.09. The highest BCUT2D eigenvalue weighted by atomic mass is 32.1. The van der Waals surface area contributed by atoms with Gasteiger partial charge in [-0.3, -0.25) is 4.79 Å². The van der Waals surface area contributed by atoms with Crippen molar-refractivity contribution >= 4 is 17.2 Å². The fourth-order valence-electron chi connectivity index (χ4n) is 1.92. The van der Waals surface area contributed by atoms with E-state index in [1.54, 1.807) is 5.38 Å². The van der Waals surface area contributed by atoms with Crippen LogP contribution in [0.3, 0.4) is 0 Å². The highest BCUT2D eigenvalue weighted by Crippen LogP contribution is 2.17. The van der Waals surface area contributed by atoms with Gasteiger partial charge in [-0.2, -0.15) is 0 Å². The zero-order chi connectivity index (χ0) is 14.6. The predicted molar refractivity (Wildman–Crippen MR) is 79.4 cm³/mol. The first-order chi connectivity index (χ1) is 8.71. The Morgan fingerprint density at radius 3 is 2.68 bits per heavy atom. The van der Waals surface area contributed by atoms with E-state index >= 15 is 0 Å². The molecule has 108 valence electrons. The number of aromatic nitrogens is 1. The first-order valence-corrected chi connectivity index (χ1v) is 7.23. The number of nitrogens with zero attached hydrogens (tertiary/aromatic N) is 2. The van der Waals surface area contributed by atoms with Crippen molar-refractivity contribution in [2.24, 2.45) is 11.1 Å². The summed E-state index contributed by atoms with van der Waals surface area (Å²) < 4.78 is 0. The molecule has 0 radical (unpaired) electrons. The molecule has 1 atom stereocenters. The van der Waals surface area contributed by atoms with Crippen molar-refractivity contribution < 1.29 is 4.79 Å². The fraction of sp³-hybridized carbons (Fsp3) is 0.692. The number of thiazole rings is 1. The van der Waals surface area contributed by atoms with Crippen LogP contribution < -0.4 is 11.1 Å². The minimum Gasteiger partial charge on any atom is -0.350 e. The number of rotatable bonds is 6. The summed E-state index contributed by atoms with van der Waals surface area (Å²) in [5.74, 6) is -0.130. The monoisotopic (exact) mass is 284 g/mol. The molecule has 0 aliphatic heterocycles. The molecule has 1 rings (SSSR count). The molecular weight excluding hydrogens is 260 g/mol. The zero-order valence-electron chi connectivity index (χ0n) is 12.4. The first-order valence-electron chi connectivity index (χ1n) is 6.35. The van der Waals surface area contributed by atoms with Crippen molar-refractivity contribution in [1.29, 1.82) is 0 Å². The van der Waals surface area contributed by atoms with Crippen LogP contribution in [-0.4, -0.2) is 43.0 Å². The third kappa shape index (κ3) is 5.26. The highest BCUT2D eigenvalue weighted by Gasteiger charge is 2.21. The Labute approximate surface area is 119 Å². The van der Waals surface area contributed by atoms with Gasteiger partial charge in [-0.25, -0.2) is 4.98 Å². The maximum absolute atomic E-state index is 12.0. The summed E-state index contributed by atoms with van der Waals surface area (Å²) in [5, 5.41) is 5.48. The normalized spacial score (nSPS) is 13.6. The molecule has 0 saturated heterocycles. The van der Waals surface area contributed by atoms with Gasteiger partial charge in [-0.05, 0) is 26.4 Å². The summed E-state index contributed by atoms with van der Waals surface area (Å²) in [6.07, 6.45) is 0. The number of carbonyl (C=O) groups excluding carboxylic acids is 1. The number of carbonyl (C=O) groups is 1. The summed E-state index contributed by atoms with van der Waals surface area (Å²) >= 11 is 1.42. The smallest absolute Gasteiger partial charge is 0.270 e. The van der Waals surface area contributed by atoms with Crippen molar-refractivity contribution in [3.8, 4) is 0 Å². The summed E-state index contributed by atoms with van der Waals surface area (Å²) in [6, 6.07) is -0.128. The van der Waals surface area contributed by atoms with Crippen LogP contribution in [0.25, 0.3) is 0 Å². The van der Waals surface area contributed by atoms with Crippen LogP contribution >= 0.6 is 11.3 Å². The van der Waals surface area contributed by atoms with E-state index < -0.39 is 0 Å². The van der Waals surface area contributed by atoms with Crippen molar-refractivity contribution in [2.45, 2.75) is 26.8 Å². The Morgan fingerprint density at radius 2 is 2.21 bits per heavy atom. The van der Waals surface area contributed by atoms with Gasteiger partial charge in [0.1, 0.15) is 10.7 Å². The largest absolute Gasteiger partial charge is 0.350 e. The Hall–Kier alpha value is -0.980. The lowest BCUT2D eigenvalue weighted by Crippen LogP contribution is -2.40. The molecule has 6 heteroatoms.